The molecule has 3 N–H and O–H groups in total. The summed E-state index contributed by atoms with van der Waals surface area (Å²) in [5.74, 6) is -2.33. The first-order valence-electron chi connectivity index (χ1n) is 5.78. The summed E-state index contributed by atoms with van der Waals surface area (Å²) in [7, 11) is 0. The summed E-state index contributed by atoms with van der Waals surface area (Å²) in [6.07, 6.45) is 4.49. The van der Waals surface area contributed by atoms with Gasteiger partial charge in [-0.2, -0.15) is 0 Å². The number of hydrogen-bond donors (Lipinski definition) is 2. The van der Waals surface area contributed by atoms with Gasteiger partial charge < -0.3 is 10.7 Å². The van der Waals surface area contributed by atoms with Crippen LogP contribution in [0.3, 0.4) is 0 Å². The van der Waals surface area contributed by atoms with Gasteiger partial charge in [0.05, 0.1) is 11.3 Å². The van der Waals surface area contributed by atoms with Gasteiger partial charge in [-0.3, -0.25) is 9.78 Å². The Morgan fingerprint density at radius 2 is 2.05 bits per heavy atom. The molecule has 4 nitrogen and oxygen atoms in total. The fourth-order valence-electron chi connectivity index (χ4n) is 2.07. The van der Waals surface area contributed by atoms with Crippen molar-refractivity contribution in [1.29, 1.82) is 0 Å². The number of nitrogens with one attached hydrogen (secondary N) is 1. The third kappa shape index (κ3) is 1.82. The number of nitrogen functional groups attached to an aromatic ring is 1. The van der Waals surface area contributed by atoms with Crippen LogP contribution in [-0.2, 0) is 0 Å². The van der Waals surface area contributed by atoms with Crippen LogP contribution in [0.25, 0.3) is 10.9 Å². The summed E-state index contributed by atoms with van der Waals surface area (Å²) >= 11 is 0. The molecule has 0 aliphatic carbocycles. The molecular weight excluding hydrogens is 264 g/mol. The summed E-state index contributed by atoms with van der Waals surface area (Å²) in [5, 5.41) is 0.541. The summed E-state index contributed by atoms with van der Waals surface area (Å²) in [6.45, 7) is 0. The van der Waals surface area contributed by atoms with Gasteiger partial charge in [0.1, 0.15) is 5.82 Å². The largest absolute Gasteiger partial charge is 0.396 e. The molecule has 0 saturated carbocycles. The maximum absolute atomic E-state index is 13.9. The molecule has 100 valence electrons. The van der Waals surface area contributed by atoms with Gasteiger partial charge in [0.25, 0.3) is 0 Å². The molecule has 3 rings (SSSR count). The number of anilines is 1. The number of hydrogen-bond acceptors (Lipinski definition) is 3. The van der Waals surface area contributed by atoms with E-state index in [4.69, 9.17) is 5.73 Å². The van der Waals surface area contributed by atoms with Crippen LogP contribution in [0.15, 0.2) is 36.8 Å². The van der Waals surface area contributed by atoms with Crippen molar-refractivity contribution in [3.05, 3.63) is 59.6 Å². The number of H-pyrrole nitrogens is 1. The maximum Gasteiger partial charge on any atom is 0.198 e. The zero-order chi connectivity index (χ0) is 14.3. The number of nitrogens with zero attached hydrogens (tertiary/aromatic N) is 1. The fraction of sp³-hybridized carbons (Fsp3) is 0. The first kappa shape index (κ1) is 12.3. The van der Waals surface area contributed by atoms with Crippen LogP contribution in [0.4, 0.5) is 14.5 Å². The highest BCUT2D eigenvalue weighted by atomic mass is 19.1. The molecule has 2 heterocycles. The predicted octanol–water partition coefficient (Wildman–Crippen LogP) is 2.65. The average Bonchev–Trinajstić information content (AvgIpc) is 2.86. The lowest BCUT2D eigenvalue weighted by Gasteiger charge is -2.04. The summed E-state index contributed by atoms with van der Waals surface area (Å²) in [4.78, 5) is 19.1. The van der Waals surface area contributed by atoms with Crippen molar-refractivity contribution in [2.75, 3.05) is 5.73 Å². The van der Waals surface area contributed by atoms with Crippen LogP contribution >= 0.6 is 0 Å². The Bertz CT molecular complexity index is 826. The van der Waals surface area contributed by atoms with Gasteiger partial charge in [0, 0.05) is 35.1 Å². The normalized spacial score (nSPS) is 10.9. The second kappa shape index (κ2) is 4.41. The number of carbonyl (C=O) groups excluding carboxylic acids is 1. The van der Waals surface area contributed by atoms with Crippen LogP contribution in [0.5, 0.6) is 0 Å². The number of benzene rings is 1. The number of ketones is 1. The van der Waals surface area contributed by atoms with Crippen molar-refractivity contribution < 1.29 is 13.6 Å². The molecule has 0 fully saturated rings. The van der Waals surface area contributed by atoms with E-state index in [2.05, 4.69) is 9.97 Å². The van der Waals surface area contributed by atoms with Gasteiger partial charge in [-0.25, -0.2) is 8.78 Å². The molecule has 2 aromatic heterocycles. The SMILES string of the molecule is Nc1cc(F)cc(C(=O)c2c[nH]c3ccncc23)c1F. The predicted molar refractivity (Wildman–Crippen MR) is 70.3 cm³/mol. The van der Waals surface area contributed by atoms with Crippen molar-refractivity contribution >= 4 is 22.4 Å². The smallest absolute Gasteiger partial charge is 0.198 e. The molecule has 0 bridgehead atoms. The van der Waals surface area contributed by atoms with Crippen LogP contribution in [0, 0.1) is 11.6 Å². The van der Waals surface area contributed by atoms with Gasteiger partial charge in [-0.1, -0.05) is 0 Å². The molecule has 0 spiro atoms. The highest BCUT2D eigenvalue weighted by molar-refractivity contribution is 6.16. The Labute approximate surface area is 112 Å². The Morgan fingerprint density at radius 3 is 2.85 bits per heavy atom. The van der Waals surface area contributed by atoms with E-state index in [0.717, 1.165) is 12.1 Å². The minimum atomic E-state index is -0.922. The highest BCUT2D eigenvalue weighted by Gasteiger charge is 2.20. The number of halogens is 2. The molecular formula is C14H9F2N3O. The van der Waals surface area contributed by atoms with Gasteiger partial charge in [-0.15, -0.1) is 0 Å². The molecule has 1 aromatic carbocycles. The van der Waals surface area contributed by atoms with Crippen LogP contribution in [0.2, 0.25) is 0 Å². The van der Waals surface area contributed by atoms with E-state index in [0.29, 0.717) is 10.9 Å². The standard InChI is InChI=1S/C14H9F2N3O/c15-7-3-8(13(16)11(17)4-7)14(20)10-6-19-12-1-2-18-5-9(10)12/h1-6,19H,17H2. The van der Waals surface area contributed by atoms with Gasteiger partial charge in [0.2, 0.25) is 0 Å². The summed E-state index contributed by atoms with van der Waals surface area (Å²) in [5.41, 5.74) is 5.45. The Kier molecular flexibility index (Phi) is 2.71. The minimum absolute atomic E-state index is 0.219. The molecule has 0 aliphatic heterocycles. The summed E-state index contributed by atoms with van der Waals surface area (Å²) in [6, 6.07) is 3.36. The van der Waals surface area contributed by atoms with Crippen molar-refractivity contribution in [3.63, 3.8) is 0 Å². The third-order valence-electron chi connectivity index (χ3n) is 3.04. The van der Waals surface area contributed by atoms with E-state index >= 15 is 0 Å². The zero-order valence-electron chi connectivity index (χ0n) is 10.2. The first-order valence-corrected chi connectivity index (χ1v) is 5.78. The van der Waals surface area contributed by atoms with Crippen molar-refractivity contribution in [1.82, 2.24) is 9.97 Å². The van der Waals surface area contributed by atoms with Crippen molar-refractivity contribution in [3.8, 4) is 0 Å². The minimum Gasteiger partial charge on any atom is -0.396 e. The zero-order valence-corrected chi connectivity index (χ0v) is 10.2. The van der Waals surface area contributed by atoms with Crippen molar-refractivity contribution in [2.24, 2.45) is 0 Å². The van der Waals surface area contributed by atoms with Gasteiger partial charge in [0.15, 0.2) is 11.6 Å². The molecule has 0 unspecified atom stereocenters. The second-order valence-electron chi connectivity index (χ2n) is 4.31. The molecule has 6 heteroatoms. The summed E-state index contributed by atoms with van der Waals surface area (Å²) < 4.78 is 27.2. The van der Waals surface area contributed by atoms with E-state index in [9.17, 15) is 13.6 Å². The number of nitrogens with two attached hydrogens (primary N) is 1. The van der Waals surface area contributed by atoms with E-state index in [1.165, 1.54) is 12.4 Å². The van der Waals surface area contributed by atoms with Crippen LogP contribution in [-0.4, -0.2) is 15.8 Å². The Morgan fingerprint density at radius 1 is 1.25 bits per heavy atom. The van der Waals surface area contributed by atoms with E-state index in [1.807, 2.05) is 0 Å². The lowest BCUT2D eigenvalue weighted by Crippen LogP contribution is -2.07. The van der Waals surface area contributed by atoms with Crippen molar-refractivity contribution in [2.45, 2.75) is 0 Å². The third-order valence-corrected chi connectivity index (χ3v) is 3.04. The number of rotatable bonds is 2. The van der Waals surface area contributed by atoms with Crippen LogP contribution in [0.1, 0.15) is 15.9 Å². The molecule has 0 radical (unpaired) electrons. The average molecular weight is 273 g/mol. The number of aromatic amines is 1. The maximum atomic E-state index is 13.9. The molecule has 20 heavy (non-hydrogen) atoms. The molecule has 0 saturated heterocycles. The Balaban J connectivity index is 2.18. The van der Waals surface area contributed by atoms with E-state index in [1.54, 1.807) is 12.3 Å². The molecule has 0 atom stereocenters. The lowest BCUT2D eigenvalue weighted by atomic mass is 10.0. The van der Waals surface area contributed by atoms with Crippen LogP contribution < -0.4 is 5.73 Å². The molecule has 3 aromatic rings. The fourth-order valence-corrected chi connectivity index (χ4v) is 2.07. The van der Waals surface area contributed by atoms with Gasteiger partial charge in [-0.05, 0) is 18.2 Å². The highest BCUT2D eigenvalue weighted by Crippen LogP contribution is 2.24. The number of fused-ring (bicyclic) bond motifs is 1. The monoisotopic (exact) mass is 273 g/mol. The Hall–Kier alpha value is -2.76. The first-order chi connectivity index (χ1) is 9.58. The molecule has 0 amide bonds. The topological polar surface area (TPSA) is 71.8 Å². The lowest BCUT2D eigenvalue weighted by molar-refractivity contribution is 0.103. The molecule has 0 aliphatic rings. The van der Waals surface area contributed by atoms with Gasteiger partial charge >= 0.3 is 0 Å². The second-order valence-corrected chi connectivity index (χ2v) is 4.31. The number of aromatic nitrogens is 2. The number of pyridine rings is 1. The number of carbonyl (C=O) groups is 1. The van der Waals surface area contributed by atoms with E-state index in [-0.39, 0.29) is 5.56 Å². The van der Waals surface area contributed by atoms with E-state index < -0.39 is 28.7 Å². The quantitative estimate of drug-likeness (QED) is 0.557.